The van der Waals surface area contributed by atoms with E-state index in [1.165, 1.54) is 11.1 Å². The molecule has 29 heavy (non-hydrogen) atoms. The summed E-state index contributed by atoms with van der Waals surface area (Å²) in [4.78, 5) is 3.31. The minimum atomic E-state index is 0.790. The van der Waals surface area contributed by atoms with E-state index in [4.69, 9.17) is 9.47 Å². The van der Waals surface area contributed by atoms with Crippen LogP contribution in [0.1, 0.15) is 16.8 Å². The van der Waals surface area contributed by atoms with Crippen molar-refractivity contribution in [3.63, 3.8) is 0 Å². The number of methoxy groups -OCH3 is 1. The SMILES string of the molecule is COc1ccc(CCNCc2cccc(Oc3ccccc3)c2)c[nH]c(C)cc1. The van der Waals surface area contributed by atoms with Gasteiger partial charge < -0.3 is 19.8 Å². The van der Waals surface area contributed by atoms with Crippen LogP contribution in [0.2, 0.25) is 0 Å². The number of hydrogen-bond donors (Lipinski definition) is 2. The Balaban J connectivity index is 1.55. The number of aryl methyl sites for hydroxylation is 1. The third kappa shape index (κ3) is 7.01. The number of nitrogens with one attached hydrogen (secondary N) is 2. The van der Waals surface area contributed by atoms with Crippen molar-refractivity contribution >= 4 is 0 Å². The van der Waals surface area contributed by atoms with E-state index in [1.807, 2.05) is 73.8 Å². The van der Waals surface area contributed by atoms with Crippen LogP contribution in [0.25, 0.3) is 0 Å². The first kappa shape index (κ1) is 20.5. The molecule has 150 valence electrons. The molecule has 2 aromatic carbocycles. The predicted molar refractivity (Wildman–Crippen MR) is 118 cm³/mol. The summed E-state index contributed by atoms with van der Waals surface area (Å²) in [5.41, 5.74) is 3.47. The van der Waals surface area contributed by atoms with E-state index in [1.54, 1.807) is 7.11 Å². The van der Waals surface area contributed by atoms with Crippen LogP contribution in [0, 0.1) is 6.92 Å². The van der Waals surface area contributed by atoms with Gasteiger partial charge >= 0.3 is 0 Å². The molecule has 0 amide bonds. The fraction of sp³-hybridized carbons (Fsp3) is 0.200. The fourth-order valence-corrected chi connectivity index (χ4v) is 2.86. The summed E-state index contributed by atoms with van der Waals surface area (Å²) in [5, 5.41) is 3.51. The summed E-state index contributed by atoms with van der Waals surface area (Å²) in [6.45, 7) is 3.70. The van der Waals surface area contributed by atoms with E-state index in [9.17, 15) is 0 Å². The highest BCUT2D eigenvalue weighted by molar-refractivity contribution is 5.33. The summed E-state index contributed by atoms with van der Waals surface area (Å²) in [7, 11) is 1.69. The average Bonchev–Trinajstić information content (AvgIpc) is 2.83. The van der Waals surface area contributed by atoms with Gasteiger partial charge in [0.25, 0.3) is 0 Å². The van der Waals surface area contributed by atoms with Gasteiger partial charge in [0.1, 0.15) is 17.2 Å². The topological polar surface area (TPSA) is 46.3 Å². The summed E-state index contributed by atoms with van der Waals surface area (Å²) < 4.78 is 11.3. The number of hydrogen-bond acceptors (Lipinski definition) is 3. The molecule has 0 aliphatic heterocycles. The van der Waals surface area contributed by atoms with Crippen LogP contribution >= 0.6 is 0 Å². The maximum Gasteiger partial charge on any atom is 0.127 e. The third-order valence-corrected chi connectivity index (χ3v) is 4.48. The molecule has 0 atom stereocenters. The number of H-pyrrole nitrogens is 1. The number of ether oxygens (including phenoxy) is 2. The molecule has 0 aliphatic carbocycles. The number of aromatic amines is 1. The molecule has 4 nitrogen and oxygen atoms in total. The van der Waals surface area contributed by atoms with Gasteiger partial charge in [-0.3, -0.25) is 0 Å². The van der Waals surface area contributed by atoms with Gasteiger partial charge in [-0.25, -0.2) is 0 Å². The van der Waals surface area contributed by atoms with E-state index in [0.29, 0.717) is 0 Å². The second-order valence-corrected chi connectivity index (χ2v) is 6.81. The zero-order valence-electron chi connectivity index (χ0n) is 17.0. The highest BCUT2D eigenvalue weighted by Crippen LogP contribution is 2.21. The Labute approximate surface area is 172 Å². The van der Waals surface area contributed by atoms with Crippen LogP contribution < -0.4 is 14.8 Å². The van der Waals surface area contributed by atoms with Crippen molar-refractivity contribution in [2.45, 2.75) is 19.9 Å². The molecule has 3 aromatic rings. The Morgan fingerprint density at radius 2 is 1.59 bits per heavy atom. The molecule has 0 fully saturated rings. The van der Waals surface area contributed by atoms with Gasteiger partial charge in [0, 0.05) is 18.4 Å². The maximum atomic E-state index is 5.91. The number of para-hydroxylation sites is 1. The molecule has 0 aliphatic rings. The summed E-state index contributed by atoms with van der Waals surface area (Å²) >= 11 is 0. The lowest BCUT2D eigenvalue weighted by Gasteiger charge is -2.09. The van der Waals surface area contributed by atoms with Crippen molar-refractivity contribution in [1.29, 1.82) is 0 Å². The first-order valence-corrected chi connectivity index (χ1v) is 9.82. The van der Waals surface area contributed by atoms with Crippen LogP contribution in [0.5, 0.6) is 17.2 Å². The quantitative estimate of drug-likeness (QED) is 0.495. The van der Waals surface area contributed by atoms with Crippen molar-refractivity contribution in [2.24, 2.45) is 0 Å². The van der Waals surface area contributed by atoms with Crippen LogP contribution in [0.15, 0.2) is 85.1 Å². The molecule has 2 N–H and O–H groups in total. The van der Waals surface area contributed by atoms with Crippen molar-refractivity contribution in [3.05, 3.63) is 102 Å². The zero-order chi connectivity index (χ0) is 20.3. The molecule has 0 saturated heterocycles. The van der Waals surface area contributed by atoms with Gasteiger partial charge in [0.15, 0.2) is 0 Å². The zero-order valence-corrected chi connectivity index (χ0v) is 17.0. The lowest BCUT2D eigenvalue weighted by atomic mass is 10.2. The maximum absolute atomic E-state index is 5.91. The highest BCUT2D eigenvalue weighted by atomic mass is 16.5. The molecule has 0 saturated carbocycles. The molecule has 0 bridgehead atoms. The summed E-state index contributed by atoms with van der Waals surface area (Å²) in [5.74, 6) is 2.53. The molecule has 4 heteroatoms. The largest absolute Gasteiger partial charge is 0.497 e. The van der Waals surface area contributed by atoms with Gasteiger partial charge in [-0.1, -0.05) is 36.4 Å². The number of rotatable bonds is 8. The lowest BCUT2D eigenvalue weighted by Crippen LogP contribution is -2.16. The van der Waals surface area contributed by atoms with Crippen molar-refractivity contribution < 1.29 is 9.47 Å². The minimum absolute atomic E-state index is 0.790. The van der Waals surface area contributed by atoms with Gasteiger partial charge in [-0.05, 0) is 73.5 Å². The Morgan fingerprint density at radius 1 is 0.793 bits per heavy atom. The van der Waals surface area contributed by atoms with Gasteiger partial charge in [-0.2, -0.15) is 0 Å². The molecule has 3 rings (SSSR count). The smallest absolute Gasteiger partial charge is 0.127 e. The molecule has 1 aromatic heterocycles. The van der Waals surface area contributed by atoms with Crippen LogP contribution in [0.3, 0.4) is 0 Å². The Morgan fingerprint density at radius 3 is 2.41 bits per heavy atom. The first-order chi connectivity index (χ1) is 14.2. The highest BCUT2D eigenvalue weighted by Gasteiger charge is 1.99. The second kappa shape index (κ2) is 10.9. The Kier molecular flexibility index (Phi) is 7.72. The predicted octanol–water partition coefficient (Wildman–Crippen LogP) is 5.58. The standard InChI is InChI=1S/C25H28N2O2/c1-20-11-13-23(28-2)14-12-21(19-27-20)15-16-26-18-22-7-6-10-25(17-22)29-24-8-4-3-5-9-24/h3-14,17,19,26-27H,15-16,18H2,1-2H3. The van der Waals surface area contributed by atoms with Gasteiger partial charge in [0.2, 0.25) is 0 Å². The van der Waals surface area contributed by atoms with Gasteiger partial charge in [0.05, 0.1) is 7.11 Å². The monoisotopic (exact) mass is 388 g/mol. The molecule has 0 spiro atoms. The molecule has 0 radical (unpaired) electrons. The summed E-state index contributed by atoms with van der Waals surface area (Å²) in [6.07, 6.45) is 2.96. The first-order valence-electron chi connectivity index (χ1n) is 9.82. The Bertz CT molecular complexity index is 950. The molecular weight excluding hydrogens is 360 g/mol. The van der Waals surface area contributed by atoms with Crippen molar-refractivity contribution in [3.8, 4) is 17.2 Å². The second-order valence-electron chi connectivity index (χ2n) is 6.81. The van der Waals surface area contributed by atoms with E-state index >= 15 is 0 Å². The van der Waals surface area contributed by atoms with Gasteiger partial charge in [-0.15, -0.1) is 0 Å². The average molecular weight is 389 g/mol. The van der Waals surface area contributed by atoms with E-state index in [0.717, 1.165) is 42.5 Å². The number of benzene rings is 2. The van der Waals surface area contributed by atoms with Crippen molar-refractivity contribution in [1.82, 2.24) is 10.3 Å². The molecule has 0 unspecified atom stereocenters. The van der Waals surface area contributed by atoms with Crippen LogP contribution in [0.4, 0.5) is 0 Å². The summed E-state index contributed by atoms with van der Waals surface area (Å²) in [6, 6.07) is 26.1. The van der Waals surface area contributed by atoms with Crippen LogP contribution in [-0.4, -0.2) is 18.6 Å². The number of aromatic nitrogens is 1. The van der Waals surface area contributed by atoms with Crippen molar-refractivity contribution in [2.75, 3.05) is 13.7 Å². The normalized spacial score (nSPS) is 10.3. The fourth-order valence-electron chi connectivity index (χ4n) is 2.86. The van der Waals surface area contributed by atoms with E-state index in [-0.39, 0.29) is 0 Å². The lowest BCUT2D eigenvalue weighted by molar-refractivity contribution is 0.415. The molecular formula is C25H28N2O2. The minimum Gasteiger partial charge on any atom is -0.497 e. The van der Waals surface area contributed by atoms with Crippen LogP contribution in [-0.2, 0) is 13.0 Å². The van der Waals surface area contributed by atoms with E-state index in [2.05, 4.69) is 28.5 Å². The Hall–Kier alpha value is -3.24. The third-order valence-electron chi connectivity index (χ3n) is 4.48. The molecule has 1 heterocycles. The van der Waals surface area contributed by atoms with E-state index < -0.39 is 0 Å².